The van der Waals surface area contributed by atoms with E-state index in [1.165, 1.54) is 0 Å². The summed E-state index contributed by atoms with van der Waals surface area (Å²) in [6.07, 6.45) is -4.74. The van der Waals surface area contributed by atoms with Crippen LogP contribution in [-0.2, 0) is 22.1 Å². The number of carbonyl (C=O) groups excluding carboxylic acids is 1. The van der Waals surface area contributed by atoms with Crippen molar-refractivity contribution in [2.24, 2.45) is 4.99 Å². The van der Waals surface area contributed by atoms with Crippen LogP contribution >= 0.6 is 0 Å². The second-order valence-electron chi connectivity index (χ2n) is 9.81. The standard InChI is InChI=1S/C29H25F3N6O3/c1-17-16-40-12-11-38(17)22-14-20(29(30,31)32)15-33-25(22)27-36-37-28(41-27)35-26-23(39)13-19-9-5-6-10-21(19)24(34-26)18-7-3-2-4-8-18/h2-10,14-15,17,26H,11-13,16H2,1H3,(H,35,37)/t17-,26-/m1/s1. The van der Waals surface area contributed by atoms with Gasteiger partial charge in [-0.2, -0.15) is 13.2 Å². The molecule has 210 valence electrons. The number of aromatic nitrogens is 3. The quantitative estimate of drug-likeness (QED) is 0.371. The minimum absolute atomic E-state index is 0.0912. The molecule has 41 heavy (non-hydrogen) atoms. The van der Waals surface area contributed by atoms with Gasteiger partial charge in [-0.25, -0.2) is 4.98 Å². The van der Waals surface area contributed by atoms with E-state index >= 15 is 0 Å². The lowest BCUT2D eigenvalue weighted by molar-refractivity contribution is -0.137. The fourth-order valence-electron chi connectivity index (χ4n) is 4.97. The molecule has 0 radical (unpaired) electrons. The molecule has 0 unspecified atom stereocenters. The Hall–Kier alpha value is -4.58. The van der Waals surface area contributed by atoms with Crippen LogP contribution in [0.1, 0.15) is 29.2 Å². The lowest BCUT2D eigenvalue weighted by Crippen LogP contribution is -2.44. The van der Waals surface area contributed by atoms with Crippen LogP contribution in [0.15, 0.2) is 76.3 Å². The molecule has 0 amide bonds. The maximum atomic E-state index is 13.6. The summed E-state index contributed by atoms with van der Waals surface area (Å²) >= 11 is 0. The molecule has 4 aromatic rings. The Bertz CT molecular complexity index is 1600. The summed E-state index contributed by atoms with van der Waals surface area (Å²) in [5.41, 5.74) is 2.58. The highest BCUT2D eigenvalue weighted by molar-refractivity contribution is 6.16. The van der Waals surface area contributed by atoms with Crippen molar-refractivity contribution in [3.8, 4) is 11.6 Å². The Morgan fingerprint density at radius 3 is 2.61 bits per heavy atom. The van der Waals surface area contributed by atoms with Crippen molar-refractivity contribution >= 4 is 23.2 Å². The molecule has 2 atom stereocenters. The molecule has 2 aliphatic heterocycles. The molecule has 1 N–H and O–H groups in total. The number of benzene rings is 2. The van der Waals surface area contributed by atoms with Gasteiger partial charge >= 0.3 is 12.2 Å². The summed E-state index contributed by atoms with van der Waals surface area (Å²) in [6, 6.07) is 17.8. The summed E-state index contributed by atoms with van der Waals surface area (Å²) < 4.78 is 52.0. The van der Waals surface area contributed by atoms with E-state index in [1.807, 2.05) is 61.5 Å². The molecule has 0 bridgehead atoms. The third-order valence-electron chi connectivity index (χ3n) is 7.01. The van der Waals surface area contributed by atoms with E-state index in [0.717, 1.165) is 29.0 Å². The van der Waals surface area contributed by atoms with E-state index in [9.17, 15) is 18.0 Å². The van der Waals surface area contributed by atoms with Gasteiger partial charge in [-0.05, 0) is 18.6 Å². The molecule has 1 saturated heterocycles. The van der Waals surface area contributed by atoms with Gasteiger partial charge in [0.15, 0.2) is 17.6 Å². The number of nitrogens with zero attached hydrogens (tertiary/aromatic N) is 5. The van der Waals surface area contributed by atoms with Crippen molar-refractivity contribution in [1.29, 1.82) is 0 Å². The molecule has 0 spiro atoms. The van der Waals surface area contributed by atoms with Crippen molar-refractivity contribution < 1.29 is 27.1 Å². The van der Waals surface area contributed by atoms with Gasteiger partial charge in [0.2, 0.25) is 0 Å². The predicted molar refractivity (Wildman–Crippen MR) is 145 cm³/mol. The monoisotopic (exact) mass is 562 g/mol. The van der Waals surface area contributed by atoms with Crippen LogP contribution in [-0.4, -0.2) is 58.6 Å². The number of alkyl halides is 3. The first-order valence-corrected chi connectivity index (χ1v) is 13.0. The summed E-state index contributed by atoms with van der Waals surface area (Å²) in [5.74, 6) is -0.301. The van der Waals surface area contributed by atoms with E-state index in [4.69, 9.17) is 14.1 Å². The first-order chi connectivity index (χ1) is 19.8. The SMILES string of the molecule is C[C@@H]1COCCN1c1cc(C(F)(F)F)cnc1-c1nnc(N[C@H]2N=C(c3ccccc3)c3ccccc3CC2=O)o1. The summed E-state index contributed by atoms with van der Waals surface area (Å²) in [6.45, 7) is 2.91. The molecule has 0 saturated carbocycles. The Labute approximate surface area is 233 Å². The number of anilines is 2. The van der Waals surface area contributed by atoms with Crippen LogP contribution in [0.4, 0.5) is 24.9 Å². The maximum absolute atomic E-state index is 13.6. The van der Waals surface area contributed by atoms with Crippen molar-refractivity contribution in [3.63, 3.8) is 0 Å². The normalized spacial score (nSPS) is 19.4. The van der Waals surface area contributed by atoms with Crippen LogP contribution < -0.4 is 10.2 Å². The summed E-state index contributed by atoms with van der Waals surface area (Å²) in [5, 5.41) is 11.0. The van der Waals surface area contributed by atoms with Gasteiger partial charge in [-0.3, -0.25) is 9.79 Å². The number of hydrogen-bond acceptors (Lipinski definition) is 9. The van der Waals surface area contributed by atoms with Crippen LogP contribution in [0.5, 0.6) is 0 Å². The van der Waals surface area contributed by atoms with Crippen molar-refractivity contribution in [3.05, 3.63) is 89.1 Å². The predicted octanol–water partition coefficient (Wildman–Crippen LogP) is 4.78. The van der Waals surface area contributed by atoms with Gasteiger partial charge in [-0.15, -0.1) is 5.10 Å². The second-order valence-corrected chi connectivity index (χ2v) is 9.81. The molecule has 2 aromatic heterocycles. The number of aliphatic imine (C=N–C) groups is 1. The number of carbonyl (C=O) groups is 1. The summed E-state index contributed by atoms with van der Waals surface area (Å²) in [4.78, 5) is 23.9. The van der Waals surface area contributed by atoms with Gasteiger partial charge in [-0.1, -0.05) is 59.7 Å². The number of morpholine rings is 1. The Morgan fingerprint density at radius 1 is 1.05 bits per heavy atom. The van der Waals surface area contributed by atoms with Gasteiger partial charge in [0.1, 0.15) is 0 Å². The third kappa shape index (κ3) is 5.42. The molecule has 1 fully saturated rings. The lowest BCUT2D eigenvalue weighted by Gasteiger charge is -2.36. The van der Waals surface area contributed by atoms with Crippen LogP contribution in [0.25, 0.3) is 11.6 Å². The third-order valence-corrected chi connectivity index (χ3v) is 7.01. The van der Waals surface area contributed by atoms with Crippen molar-refractivity contribution in [1.82, 2.24) is 15.2 Å². The lowest BCUT2D eigenvalue weighted by atomic mass is 9.96. The van der Waals surface area contributed by atoms with Crippen molar-refractivity contribution in [2.75, 3.05) is 30.0 Å². The van der Waals surface area contributed by atoms with Crippen LogP contribution in [0, 0.1) is 0 Å². The van der Waals surface area contributed by atoms with Crippen LogP contribution in [0.2, 0.25) is 0 Å². The molecule has 2 aromatic carbocycles. The zero-order valence-corrected chi connectivity index (χ0v) is 21.9. The van der Waals surface area contributed by atoms with E-state index in [-0.39, 0.29) is 41.5 Å². The Balaban J connectivity index is 1.35. The molecule has 9 nitrogen and oxygen atoms in total. The highest BCUT2D eigenvalue weighted by Crippen LogP contribution is 2.37. The van der Waals surface area contributed by atoms with Gasteiger partial charge in [0.05, 0.1) is 30.2 Å². The number of ketones is 1. The molecule has 2 aliphatic rings. The minimum atomic E-state index is -4.58. The molecule has 4 heterocycles. The van der Waals surface area contributed by atoms with E-state index in [2.05, 4.69) is 20.5 Å². The topological polar surface area (TPSA) is 106 Å². The van der Waals surface area contributed by atoms with Gasteiger partial charge < -0.3 is 19.4 Å². The van der Waals surface area contributed by atoms with E-state index in [0.29, 0.717) is 25.5 Å². The molecular formula is C29H25F3N6O3. The maximum Gasteiger partial charge on any atom is 0.417 e. The van der Waals surface area contributed by atoms with E-state index < -0.39 is 17.9 Å². The molecule has 0 aliphatic carbocycles. The van der Waals surface area contributed by atoms with Gasteiger partial charge in [0, 0.05) is 36.3 Å². The highest BCUT2D eigenvalue weighted by atomic mass is 19.4. The molecular weight excluding hydrogens is 537 g/mol. The minimum Gasteiger partial charge on any atom is -0.402 e. The summed E-state index contributed by atoms with van der Waals surface area (Å²) in [7, 11) is 0. The number of rotatable bonds is 5. The first kappa shape index (κ1) is 26.6. The highest BCUT2D eigenvalue weighted by Gasteiger charge is 2.35. The zero-order chi connectivity index (χ0) is 28.6. The second kappa shape index (κ2) is 10.8. The Kier molecular flexibility index (Phi) is 7.00. The van der Waals surface area contributed by atoms with Gasteiger partial charge in [0.25, 0.3) is 5.89 Å². The number of hydrogen-bond donors (Lipinski definition) is 1. The smallest absolute Gasteiger partial charge is 0.402 e. The number of fused-ring (bicyclic) bond motifs is 1. The molecule has 12 heteroatoms. The number of Topliss-reactive ketones (excluding diaryl/α,β-unsaturated/α-hetero) is 1. The fraction of sp³-hybridized carbons (Fsp3) is 0.276. The first-order valence-electron chi connectivity index (χ1n) is 13.0. The average molecular weight is 563 g/mol. The number of halogens is 3. The van der Waals surface area contributed by atoms with E-state index in [1.54, 1.807) is 4.90 Å². The number of ether oxygens (including phenoxy) is 1. The fourth-order valence-corrected chi connectivity index (χ4v) is 4.97. The average Bonchev–Trinajstić information content (AvgIpc) is 3.38. The zero-order valence-electron chi connectivity index (χ0n) is 21.9. The van der Waals surface area contributed by atoms with Crippen LogP contribution in [0.3, 0.4) is 0 Å². The number of nitrogens with one attached hydrogen (secondary N) is 1. The van der Waals surface area contributed by atoms with Crippen molar-refractivity contribution in [2.45, 2.75) is 31.7 Å². The largest absolute Gasteiger partial charge is 0.417 e. The number of pyridine rings is 1. The Morgan fingerprint density at radius 2 is 1.83 bits per heavy atom. The molecule has 6 rings (SSSR count).